The van der Waals surface area contributed by atoms with Crippen LogP contribution in [0.5, 0.6) is 0 Å². The summed E-state index contributed by atoms with van der Waals surface area (Å²) in [4.78, 5) is 11.6. The molecular weight excluding hydrogens is 308 g/mol. The molecule has 1 atom stereocenters. The second-order valence-corrected chi connectivity index (χ2v) is 4.91. The Bertz CT molecular complexity index is 415. The molecule has 0 heterocycles. The molecule has 6 heteroatoms. The van der Waals surface area contributed by atoms with Crippen molar-refractivity contribution < 1.29 is 18.7 Å². The summed E-state index contributed by atoms with van der Waals surface area (Å²) in [5.41, 5.74) is -0.588. The van der Waals surface area contributed by atoms with Crippen LogP contribution in [0.1, 0.15) is 30.1 Å². The summed E-state index contributed by atoms with van der Waals surface area (Å²) in [5.74, 6) is -2.60. The first-order valence-electron chi connectivity index (χ1n) is 5.52. The maximum atomic E-state index is 13.4. The summed E-state index contributed by atoms with van der Waals surface area (Å²) in [6.07, 6.45) is 0.609. The Labute approximate surface area is 112 Å². The zero-order valence-corrected chi connectivity index (χ0v) is 11.4. The molecule has 2 N–H and O–H groups in total. The maximum absolute atomic E-state index is 13.4. The molecule has 0 aromatic heterocycles. The van der Waals surface area contributed by atoms with Crippen molar-refractivity contribution in [1.29, 1.82) is 0 Å². The molecular formula is C12H14BrF2NO2. The number of aliphatic hydroxyl groups excluding tert-OH is 1. The zero-order valence-electron chi connectivity index (χ0n) is 9.84. The van der Waals surface area contributed by atoms with E-state index in [0.29, 0.717) is 12.8 Å². The van der Waals surface area contributed by atoms with Crippen LogP contribution in [0.25, 0.3) is 0 Å². The van der Waals surface area contributed by atoms with Gasteiger partial charge in [-0.15, -0.1) is 0 Å². The van der Waals surface area contributed by atoms with Gasteiger partial charge in [-0.2, -0.15) is 0 Å². The second kappa shape index (κ2) is 6.80. The smallest absolute Gasteiger partial charge is 0.257 e. The molecule has 1 amide bonds. The third-order valence-corrected chi connectivity index (χ3v) is 2.78. The number of aliphatic hydroxyl groups is 1. The van der Waals surface area contributed by atoms with Crippen LogP contribution < -0.4 is 5.32 Å². The lowest BCUT2D eigenvalue weighted by Gasteiger charge is -2.08. The van der Waals surface area contributed by atoms with Gasteiger partial charge in [-0.3, -0.25) is 4.79 Å². The second-order valence-electron chi connectivity index (χ2n) is 3.99. The summed E-state index contributed by atoms with van der Waals surface area (Å²) in [6.45, 7) is 1.90. The van der Waals surface area contributed by atoms with E-state index in [1.54, 1.807) is 6.92 Å². The highest BCUT2D eigenvalue weighted by atomic mass is 79.9. The fraction of sp³-hybridized carbons (Fsp3) is 0.417. The van der Waals surface area contributed by atoms with Gasteiger partial charge in [0.25, 0.3) is 5.91 Å². The molecule has 0 saturated carbocycles. The largest absolute Gasteiger partial charge is 0.393 e. The van der Waals surface area contributed by atoms with Crippen LogP contribution in [-0.2, 0) is 0 Å². The molecule has 18 heavy (non-hydrogen) atoms. The van der Waals surface area contributed by atoms with E-state index in [9.17, 15) is 13.6 Å². The van der Waals surface area contributed by atoms with Gasteiger partial charge in [0.2, 0.25) is 0 Å². The van der Waals surface area contributed by atoms with Crippen molar-refractivity contribution in [3.63, 3.8) is 0 Å². The lowest BCUT2D eigenvalue weighted by molar-refractivity contribution is 0.0941. The van der Waals surface area contributed by atoms with E-state index in [0.717, 1.165) is 12.1 Å². The molecule has 0 aliphatic carbocycles. The van der Waals surface area contributed by atoms with Gasteiger partial charge in [0, 0.05) is 11.0 Å². The number of halogens is 3. The first-order chi connectivity index (χ1) is 8.41. The number of hydrogen-bond acceptors (Lipinski definition) is 2. The highest BCUT2D eigenvalue weighted by Gasteiger charge is 2.17. The van der Waals surface area contributed by atoms with E-state index in [-0.39, 0.29) is 11.0 Å². The van der Waals surface area contributed by atoms with Gasteiger partial charge in [0.1, 0.15) is 17.2 Å². The molecule has 3 nitrogen and oxygen atoms in total. The average Bonchev–Trinajstić information content (AvgIpc) is 2.22. The van der Waals surface area contributed by atoms with Crippen molar-refractivity contribution >= 4 is 21.8 Å². The van der Waals surface area contributed by atoms with Crippen molar-refractivity contribution in [3.8, 4) is 0 Å². The number of carbonyl (C=O) groups excluding carboxylic acids is 1. The van der Waals surface area contributed by atoms with Gasteiger partial charge < -0.3 is 10.4 Å². The molecule has 1 aromatic carbocycles. The first-order valence-corrected chi connectivity index (χ1v) is 6.32. The highest BCUT2D eigenvalue weighted by molar-refractivity contribution is 9.10. The summed E-state index contributed by atoms with van der Waals surface area (Å²) in [5, 5.41) is 11.4. The number of hydrogen-bond donors (Lipinski definition) is 2. The SMILES string of the molecule is CC(O)CCCNC(=O)c1c(F)cc(Br)cc1F. The number of nitrogens with one attached hydrogen (secondary N) is 1. The Hall–Kier alpha value is -1.01. The van der Waals surface area contributed by atoms with Gasteiger partial charge in [0.15, 0.2) is 0 Å². The molecule has 0 bridgehead atoms. The Morgan fingerprint density at radius 3 is 2.50 bits per heavy atom. The summed E-state index contributed by atoms with van der Waals surface area (Å²) in [6, 6.07) is 2.07. The van der Waals surface area contributed by atoms with E-state index >= 15 is 0 Å². The molecule has 0 fully saturated rings. The fourth-order valence-corrected chi connectivity index (χ4v) is 1.85. The number of benzene rings is 1. The standard InChI is InChI=1S/C12H14BrF2NO2/c1-7(17)3-2-4-16-12(18)11-9(14)5-8(13)6-10(11)15/h5-7,17H,2-4H2,1H3,(H,16,18). The Balaban J connectivity index is 2.62. The number of amides is 1. The van der Waals surface area contributed by atoms with Crippen molar-refractivity contribution in [3.05, 3.63) is 33.8 Å². The van der Waals surface area contributed by atoms with Crippen molar-refractivity contribution in [2.45, 2.75) is 25.9 Å². The predicted octanol–water partition coefficient (Wildman–Crippen LogP) is 2.62. The fourth-order valence-electron chi connectivity index (χ4n) is 1.45. The molecule has 0 aliphatic rings. The quantitative estimate of drug-likeness (QED) is 0.819. The van der Waals surface area contributed by atoms with Gasteiger partial charge in [-0.1, -0.05) is 15.9 Å². The lowest BCUT2D eigenvalue weighted by Crippen LogP contribution is -2.27. The van der Waals surface area contributed by atoms with Crippen molar-refractivity contribution in [2.75, 3.05) is 6.54 Å². The zero-order chi connectivity index (χ0) is 13.7. The van der Waals surface area contributed by atoms with Crippen LogP contribution in [0.4, 0.5) is 8.78 Å². The van der Waals surface area contributed by atoms with E-state index < -0.39 is 29.2 Å². The van der Waals surface area contributed by atoms with E-state index in [2.05, 4.69) is 21.2 Å². The molecule has 1 aromatic rings. The molecule has 0 radical (unpaired) electrons. The molecule has 0 saturated heterocycles. The lowest BCUT2D eigenvalue weighted by atomic mass is 10.1. The number of rotatable bonds is 5. The molecule has 0 aliphatic heterocycles. The minimum absolute atomic E-state index is 0.239. The van der Waals surface area contributed by atoms with Gasteiger partial charge in [-0.25, -0.2) is 8.78 Å². The van der Waals surface area contributed by atoms with Gasteiger partial charge in [-0.05, 0) is 31.9 Å². The summed E-state index contributed by atoms with van der Waals surface area (Å²) in [7, 11) is 0. The third kappa shape index (κ3) is 4.34. The first kappa shape index (κ1) is 15.0. The molecule has 1 unspecified atom stereocenters. The normalized spacial score (nSPS) is 12.3. The Morgan fingerprint density at radius 1 is 1.44 bits per heavy atom. The van der Waals surface area contributed by atoms with Crippen molar-refractivity contribution in [1.82, 2.24) is 5.32 Å². The van der Waals surface area contributed by atoms with E-state index in [1.807, 2.05) is 0 Å². The topological polar surface area (TPSA) is 49.3 Å². The third-order valence-electron chi connectivity index (χ3n) is 2.32. The maximum Gasteiger partial charge on any atom is 0.257 e. The Kier molecular flexibility index (Phi) is 5.68. The van der Waals surface area contributed by atoms with Crippen LogP contribution in [-0.4, -0.2) is 23.7 Å². The minimum Gasteiger partial charge on any atom is -0.393 e. The predicted molar refractivity (Wildman–Crippen MR) is 67.3 cm³/mol. The monoisotopic (exact) mass is 321 g/mol. The minimum atomic E-state index is -0.907. The van der Waals surface area contributed by atoms with E-state index in [4.69, 9.17) is 5.11 Å². The van der Waals surface area contributed by atoms with Crippen LogP contribution in [0.15, 0.2) is 16.6 Å². The molecule has 100 valence electrons. The van der Waals surface area contributed by atoms with Crippen LogP contribution in [0, 0.1) is 11.6 Å². The Morgan fingerprint density at radius 2 is 2.00 bits per heavy atom. The van der Waals surface area contributed by atoms with E-state index in [1.165, 1.54) is 0 Å². The van der Waals surface area contributed by atoms with Crippen LogP contribution in [0.3, 0.4) is 0 Å². The number of carbonyl (C=O) groups is 1. The summed E-state index contributed by atoms with van der Waals surface area (Å²) < 4.78 is 27.1. The average molecular weight is 322 g/mol. The van der Waals surface area contributed by atoms with Crippen molar-refractivity contribution in [2.24, 2.45) is 0 Å². The molecule has 0 spiro atoms. The summed E-state index contributed by atoms with van der Waals surface area (Å²) >= 11 is 2.94. The van der Waals surface area contributed by atoms with Crippen LogP contribution in [0.2, 0.25) is 0 Å². The van der Waals surface area contributed by atoms with Gasteiger partial charge >= 0.3 is 0 Å². The van der Waals surface area contributed by atoms with Crippen LogP contribution >= 0.6 is 15.9 Å². The van der Waals surface area contributed by atoms with Gasteiger partial charge in [0.05, 0.1) is 6.10 Å². The molecule has 1 rings (SSSR count). The highest BCUT2D eigenvalue weighted by Crippen LogP contribution is 2.19.